The summed E-state index contributed by atoms with van der Waals surface area (Å²) in [6.07, 6.45) is 2.54. The molecule has 164 valence electrons. The SMILES string of the molecule is Cc1ccc(C(=O)N2CC[C@H](Oc3ccccc3)[C@@H](CC(=O)N3CCOCC3)C2)cn1. The lowest BCUT2D eigenvalue weighted by molar-refractivity contribution is -0.137. The summed E-state index contributed by atoms with van der Waals surface area (Å²) in [6.45, 7) is 5.36. The van der Waals surface area contributed by atoms with Crippen LogP contribution in [0, 0.1) is 12.8 Å². The first kappa shape index (κ1) is 21.3. The van der Waals surface area contributed by atoms with Gasteiger partial charge in [0.2, 0.25) is 5.91 Å². The first-order valence-electron chi connectivity index (χ1n) is 10.9. The number of aryl methyl sites for hydroxylation is 1. The van der Waals surface area contributed by atoms with Crippen molar-refractivity contribution in [3.8, 4) is 5.75 Å². The highest BCUT2D eigenvalue weighted by atomic mass is 16.5. The molecule has 0 spiro atoms. The number of ether oxygens (including phenoxy) is 2. The molecule has 1 aromatic carbocycles. The summed E-state index contributed by atoms with van der Waals surface area (Å²) >= 11 is 0. The zero-order valence-electron chi connectivity index (χ0n) is 17.9. The zero-order chi connectivity index (χ0) is 21.6. The molecule has 2 aromatic rings. The van der Waals surface area contributed by atoms with Crippen LogP contribution < -0.4 is 4.74 Å². The summed E-state index contributed by atoms with van der Waals surface area (Å²) in [5.74, 6) is 0.765. The molecule has 2 amide bonds. The highest BCUT2D eigenvalue weighted by molar-refractivity contribution is 5.94. The van der Waals surface area contributed by atoms with Gasteiger partial charge in [0, 0.05) is 56.8 Å². The molecule has 3 heterocycles. The van der Waals surface area contributed by atoms with Gasteiger partial charge in [-0.1, -0.05) is 18.2 Å². The normalized spacial score (nSPS) is 21.6. The van der Waals surface area contributed by atoms with Crippen molar-refractivity contribution in [2.24, 2.45) is 5.92 Å². The molecular formula is C24H29N3O4. The maximum absolute atomic E-state index is 13.0. The molecule has 4 rings (SSSR count). The predicted molar refractivity (Wildman–Crippen MR) is 116 cm³/mol. The van der Waals surface area contributed by atoms with Gasteiger partial charge in [0.05, 0.1) is 18.8 Å². The lowest BCUT2D eigenvalue weighted by Crippen LogP contribution is -2.50. The van der Waals surface area contributed by atoms with E-state index in [0.717, 1.165) is 11.4 Å². The van der Waals surface area contributed by atoms with Crippen LogP contribution in [0.3, 0.4) is 0 Å². The Morgan fingerprint density at radius 2 is 1.84 bits per heavy atom. The summed E-state index contributed by atoms with van der Waals surface area (Å²) in [5, 5.41) is 0. The Morgan fingerprint density at radius 3 is 2.55 bits per heavy atom. The van der Waals surface area contributed by atoms with Crippen LogP contribution in [0.15, 0.2) is 48.7 Å². The monoisotopic (exact) mass is 423 g/mol. The number of likely N-dealkylation sites (tertiary alicyclic amines) is 1. The van der Waals surface area contributed by atoms with Crippen LogP contribution in [0.5, 0.6) is 5.75 Å². The van der Waals surface area contributed by atoms with Crippen molar-refractivity contribution in [1.82, 2.24) is 14.8 Å². The maximum atomic E-state index is 13.0. The van der Waals surface area contributed by atoms with Gasteiger partial charge in [0.1, 0.15) is 11.9 Å². The Kier molecular flexibility index (Phi) is 6.82. The Hall–Kier alpha value is -2.93. The molecule has 2 saturated heterocycles. The molecule has 7 nitrogen and oxygen atoms in total. The second-order valence-corrected chi connectivity index (χ2v) is 8.15. The van der Waals surface area contributed by atoms with Crippen LogP contribution >= 0.6 is 0 Å². The van der Waals surface area contributed by atoms with Gasteiger partial charge in [0.15, 0.2) is 0 Å². The molecule has 0 unspecified atom stereocenters. The quantitative estimate of drug-likeness (QED) is 0.739. The van der Waals surface area contributed by atoms with Gasteiger partial charge in [-0.25, -0.2) is 0 Å². The maximum Gasteiger partial charge on any atom is 0.255 e. The van der Waals surface area contributed by atoms with E-state index in [-0.39, 0.29) is 23.8 Å². The van der Waals surface area contributed by atoms with Crippen LogP contribution in [0.1, 0.15) is 28.9 Å². The fourth-order valence-corrected chi connectivity index (χ4v) is 4.16. The number of hydrogen-bond acceptors (Lipinski definition) is 5. The molecule has 7 heteroatoms. The highest BCUT2D eigenvalue weighted by Gasteiger charge is 2.35. The van der Waals surface area contributed by atoms with Gasteiger partial charge in [-0.05, 0) is 31.2 Å². The first-order chi connectivity index (χ1) is 15.1. The average molecular weight is 424 g/mol. The number of para-hydroxylation sites is 1. The van der Waals surface area contributed by atoms with E-state index < -0.39 is 0 Å². The van der Waals surface area contributed by atoms with E-state index >= 15 is 0 Å². The third-order valence-electron chi connectivity index (χ3n) is 5.94. The van der Waals surface area contributed by atoms with Crippen LogP contribution in [0.4, 0.5) is 0 Å². The molecule has 0 N–H and O–H groups in total. The Balaban J connectivity index is 1.48. The van der Waals surface area contributed by atoms with Crippen molar-refractivity contribution in [2.45, 2.75) is 25.9 Å². The van der Waals surface area contributed by atoms with Gasteiger partial charge < -0.3 is 19.3 Å². The van der Waals surface area contributed by atoms with E-state index in [1.54, 1.807) is 6.20 Å². The summed E-state index contributed by atoms with van der Waals surface area (Å²) in [5.41, 5.74) is 1.45. The number of aromatic nitrogens is 1. The fourth-order valence-electron chi connectivity index (χ4n) is 4.16. The number of pyridine rings is 1. The van der Waals surface area contributed by atoms with Crippen molar-refractivity contribution in [2.75, 3.05) is 39.4 Å². The average Bonchev–Trinajstić information content (AvgIpc) is 2.81. The number of benzene rings is 1. The van der Waals surface area contributed by atoms with Gasteiger partial charge in [-0.3, -0.25) is 14.6 Å². The largest absolute Gasteiger partial charge is 0.490 e. The van der Waals surface area contributed by atoms with Gasteiger partial charge in [-0.2, -0.15) is 0 Å². The predicted octanol–water partition coefficient (Wildman–Crippen LogP) is 2.55. The number of piperidine rings is 1. The van der Waals surface area contributed by atoms with Gasteiger partial charge in [0.25, 0.3) is 5.91 Å². The number of carbonyl (C=O) groups excluding carboxylic acids is 2. The number of rotatable bonds is 5. The van der Waals surface area contributed by atoms with E-state index in [4.69, 9.17) is 9.47 Å². The second kappa shape index (κ2) is 9.92. The third-order valence-corrected chi connectivity index (χ3v) is 5.94. The summed E-state index contributed by atoms with van der Waals surface area (Å²) < 4.78 is 11.6. The van der Waals surface area contributed by atoms with Crippen molar-refractivity contribution < 1.29 is 19.1 Å². The first-order valence-corrected chi connectivity index (χ1v) is 10.9. The van der Waals surface area contributed by atoms with Crippen molar-refractivity contribution in [3.63, 3.8) is 0 Å². The van der Waals surface area contributed by atoms with E-state index in [0.29, 0.717) is 57.8 Å². The summed E-state index contributed by atoms with van der Waals surface area (Å²) in [4.78, 5) is 33.9. The number of morpholine rings is 1. The van der Waals surface area contributed by atoms with E-state index in [1.165, 1.54) is 0 Å². The van der Waals surface area contributed by atoms with Crippen LogP contribution in [0.2, 0.25) is 0 Å². The van der Waals surface area contributed by atoms with Gasteiger partial charge >= 0.3 is 0 Å². The smallest absolute Gasteiger partial charge is 0.255 e. The van der Waals surface area contributed by atoms with Crippen molar-refractivity contribution >= 4 is 11.8 Å². The molecule has 0 saturated carbocycles. The molecule has 0 aliphatic carbocycles. The lowest BCUT2D eigenvalue weighted by Gasteiger charge is -2.39. The van der Waals surface area contributed by atoms with Crippen LogP contribution in [-0.4, -0.2) is 72.1 Å². The Bertz CT molecular complexity index is 881. The molecule has 0 bridgehead atoms. The third kappa shape index (κ3) is 5.41. The molecule has 2 atom stereocenters. The molecule has 31 heavy (non-hydrogen) atoms. The van der Waals surface area contributed by atoms with Gasteiger partial charge in [-0.15, -0.1) is 0 Å². The number of nitrogens with zero attached hydrogens (tertiary/aromatic N) is 3. The van der Waals surface area contributed by atoms with Crippen molar-refractivity contribution in [1.29, 1.82) is 0 Å². The minimum Gasteiger partial charge on any atom is -0.490 e. The molecule has 2 fully saturated rings. The zero-order valence-corrected chi connectivity index (χ0v) is 17.9. The van der Waals surface area contributed by atoms with E-state index in [9.17, 15) is 9.59 Å². The number of hydrogen-bond donors (Lipinski definition) is 0. The Morgan fingerprint density at radius 1 is 1.06 bits per heavy atom. The molecule has 0 radical (unpaired) electrons. The lowest BCUT2D eigenvalue weighted by atomic mass is 9.90. The molecule has 2 aliphatic heterocycles. The summed E-state index contributed by atoms with van der Waals surface area (Å²) in [7, 11) is 0. The fraction of sp³-hybridized carbons (Fsp3) is 0.458. The van der Waals surface area contributed by atoms with Crippen LogP contribution in [-0.2, 0) is 9.53 Å². The highest BCUT2D eigenvalue weighted by Crippen LogP contribution is 2.27. The topological polar surface area (TPSA) is 72.0 Å². The minimum absolute atomic E-state index is 0.0468. The molecule has 2 aliphatic rings. The van der Waals surface area contributed by atoms with Crippen molar-refractivity contribution in [3.05, 3.63) is 59.9 Å². The summed E-state index contributed by atoms with van der Waals surface area (Å²) in [6, 6.07) is 13.3. The Labute approximate surface area is 183 Å². The minimum atomic E-state index is -0.118. The number of amides is 2. The van der Waals surface area contributed by atoms with E-state index in [1.807, 2.05) is 59.2 Å². The number of carbonyl (C=O) groups is 2. The van der Waals surface area contributed by atoms with Crippen LogP contribution in [0.25, 0.3) is 0 Å². The van der Waals surface area contributed by atoms with E-state index in [2.05, 4.69) is 4.98 Å². The molecular weight excluding hydrogens is 394 g/mol. The standard InChI is InChI=1S/C24H29N3O4/c1-18-7-8-19(16-25-18)24(29)27-10-9-22(31-21-5-3-2-4-6-21)20(17-27)15-23(28)26-11-13-30-14-12-26/h2-8,16,20,22H,9-15,17H2,1H3/t20-,22-/m0/s1. The second-order valence-electron chi connectivity index (χ2n) is 8.15. The molecule has 1 aromatic heterocycles.